The number of hydrogen-bond acceptors (Lipinski definition) is 4. The van der Waals surface area contributed by atoms with Crippen molar-refractivity contribution in [3.05, 3.63) is 0 Å². The minimum atomic E-state index is 0.506. The van der Waals surface area contributed by atoms with E-state index >= 15 is 0 Å². The highest BCUT2D eigenvalue weighted by Crippen LogP contribution is 2.10. The normalized spacial score (nSPS) is 29.4. The van der Waals surface area contributed by atoms with Gasteiger partial charge in [0.05, 0.1) is 6.54 Å². The van der Waals surface area contributed by atoms with Gasteiger partial charge in [0.15, 0.2) is 5.96 Å². The van der Waals surface area contributed by atoms with Crippen molar-refractivity contribution >= 4 is 5.96 Å². The number of aliphatic imine (C=N–C) groups is 1. The molecule has 0 radical (unpaired) electrons. The van der Waals surface area contributed by atoms with E-state index in [0.717, 1.165) is 25.0 Å². The molecule has 2 heterocycles. The highest BCUT2D eigenvalue weighted by atomic mass is 15.2. The fourth-order valence-electron chi connectivity index (χ4n) is 1.86. The Hall–Kier alpha value is -0.770. The molecule has 2 N–H and O–H groups in total. The molecule has 1 atom stereocenters. The van der Waals surface area contributed by atoms with Crippen LogP contribution in [0, 0.1) is 5.92 Å². The van der Waals surface area contributed by atoms with Gasteiger partial charge >= 0.3 is 0 Å². The molecule has 0 aromatic rings. The lowest BCUT2D eigenvalue weighted by Crippen LogP contribution is -2.50. The molecule has 1 saturated heterocycles. The summed E-state index contributed by atoms with van der Waals surface area (Å²) >= 11 is 0. The molecular weight excluding hydrogens is 164 g/mol. The molecule has 0 spiro atoms. The minimum absolute atomic E-state index is 0.506. The molecule has 0 aromatic carbocycles. The Kier molecular flexibility index (Phi) is 2.40. The SMILES string of the molecule is CC1CN=C(NCC2CN(C)C2)N1. The average molecular weight is 182 g/mol. The van der Waals surface area contributed by atoms with Crippen molar-refractivity contribution in [2.24, 2.45) is 10.9 Å². The van der Waals surface area contributed by atoms with Crippen molar-refractivity contribution in [3.8, 4) is 0 Å². The molecule has 2 rings (SSSR count). The molecule has 2 aliphatic heterocycles. The van der Waals surface area contributed by atoms with Gasteiger partial charge in [-0.05, 0) is 14.0 Å². The lowest BCUT2D eigenvalue weighted by Gasteiger charge is -2.36. The van der Waals surface area contributed by atoms with E-state index in [9.17, 15) is 0 Å². The van der Waals surface area contributed by atoms with E-state index in [1.807, 2.05) is 0 Å². The first-order chi connectivity index (χ1) is 6.24. The van der Waals surface area contributed by atoms with Crippen LogP contribution in [0.25, 0.3) is 0 Å². The Morgan fingerprint density at radius 2 is 2.38 bits per heavy atom. The molecule has 2 aliphatic rings. The smallest absolute Gasteiger partial charge is 0.191 e. The monoisotopic (exact) mass is 182 g/mol. The van der Waals surface area contributed by atoms with E-state index in [0.29, 0.717) is 6.04 Å². The predicted molar refractivity (Wildman–Crippen MR) is 53.9 cm³/mol. The van der Waals surface area contributed by atoms with Gasteiger partial charge < -0.3 is 15.5 Å². The maximum Gasteiger partial charge on any atom is 0.191 e. The number of nitrogens with one attached hydrogen (secondary N) is 2. The van der Waals surface area contributed by atoms with Crippen molar-refractivity contribution < 1.29 is 0 Å². The summed E-state index contributed by atoms with van der Waals surface area (Å²) in [7, 11) is 2.16. The molecule has 0 bridgehead atoms. The first-order valence-corrected chi connectivity index (χ1v) is 4.97. The van der Waals surface area contributed by atoms with E-state index in [4.69, 9.17) is 0 Å². The minimum Gasteiger partial charge on any atom is -0.356 e. The van der Waals surface area contributed by atoms with Crippen LogP contribution < -0.4 is 10.6 Å². The second-order valence-corrected chi connectivity index (χ2v) is 4.20. The average Bonchev–Trinajstić information content (AvgIpc) is 2.43. The number of nitrogens with zero attached hydrogens (tertiary/aromatic N) is 2. The lowest BCUT2D eigenvalue weighted by molar-refractivity contribution is 0.137. The van der Waals surface area contributed by atoms with Gasteiger partial charge in [0.25, 0.3) is 0 Å². The third-order valence-corrected chi connectivity index (χ3v) is 2.60. The van der Waals surface area contributed by atoms with Crippen molar-refractivity contribution in [1.29, 1.82) is 0 Å². The molecule has 0 saturated carbocycles. The van der Waals surface area contributed by atoms with Gasteiger partial charge in [-0.2, -0.15) is 0 Å². The molecule has 74 valence electrons. The Labute approximate surface area is 79.4 Å². The lowest BCUT2D eigenvalue weighted by atomic mass is 10.0. The molecular formula is C9H18N4. The molecule has 4 nitrogen and oxygen atoms in total. The van der Waals surface area contributed by atoms with Gasteiger partial charge in [0.2, 0.25) is 0 Å². The van der Waals surface area contributed by atoms with Gasteiger partial charge in [-0.3, -0.25) is 4.99 Å². The van der Waals surface area contributed by atoms with Crippen LogP contribution in [-0.4, -0.2) is 50.1 Å². The Morgan fingerprint density at radius 3 is 2.92 bits per heavy atom. The Balaban J connectivity index is 1.63. The largest absolute Gasteiger partial charge is 0.356 e. The molecule has 0 amide bonds. The summed E-state index contributed by atoms with van der Waals surface area (Å²) in [6, 6.07) is 0.506. The molecule has 0 aliphatic carbocycles. The summed E-state index contributed by atoms with van der Waals surface area (Å²) in [4.78, 5) is 6.68. The quantitative estimate of drug-likeness (QED) is 0.604. The van der Waals surface area contributed by atoms with Crippen molar-refractivity contribution in [2.45, 2.75) is 13.0 Å². The van der Waals surface area contributed by atoms with E-state index in [2.05, 4.69) is 34.5 Å². The highest BCUT2D eigenvalue weighted by molar-refractivity contribution is 5.81. The van der Waals surface area contributed by atoms with Crippen LogP contribution in [0.3, 0.4) is 0 Å². The topological polar surface area (TPSA) is 39.7 Å². The third kappa shape index (κ3) is 2.12. The van der Waals surface area contributed by atoms with Crippen LogP contribution in [0.4, 0.5) is 0 Å². The summed E-state index contributed by atoms with van der Waals surface area (Å²) < 4.78 is 0. The zero-order valence-electron chi connectivity index (χ0n) is 8.38. The van der Waals surface area contributed by atoms with Crippen LogP contribution in [0.15, 0.2) is 4.99 Å². The second-order valence-electron chi connectivity index (χ2n) is 4.20. The number of likely N-dealkylation sites (tertiary alicyclic amines) is 1. The summed E-state index contributed by atoms with van der Waals surface area (Å²) in [5, 5.41) is 6.64. The fourth-order valence-corrected chi connectivity index (χ4v) is 1.86. The van der Waals surface area contributed by atoms with Crippen LogP contribution in [0.5, 0.6) is 0 Å². The molecule has 13 heavy (non-hydrogen) atoms. The zero-order chi connectivity index (χ0) is 9.26. The van der Waals surface area contributed by atoms with Gasteiger partial charge in [-0.1, -0.05) is 0 Å². The standard InChI is InChI=1S/C9H18N4/c1-7-3-10-9(12-7)11-4-8-5-13(2)6-8/h7-8H,3-6H2,1-2H3,(H2,10,11,12). The van der Waals surface area contributed by atoms with Crippen LogP contribution in [0.1, 0.15) is 6.92 Å². The second kappa shape index (κ2) is 3.54. The summed E-state index contributed by atoms with van der Waals surface area (Å²) in [5.41, 5.74) is 0. The first kappa shape index (κ1) is 8.81. The van der Waals surface area contributed by atoms with Crippen LogP contribution in [0.2, 0.25) is 0 Å². The van der Waals surface area contributed by atoms with E-state index in [1.54, 1.807) is 0 Å². The highest BCUT2D eigenvalue weighted by Gasteiger charge is 2.23. The van der Waals surface area contributed by atoms with Gasteiger partial charge in [0.1, 0.15) is 0 Å². The first-order valence-electron chi connectivity index (χ1n) is 4.97. The maximum atomic E-state index is 4.35. The Bertz CT molecular complexity index is 208. The predicted octanol–water partition coefficient (Wildman–Crippen LogP) is -0.515. The van der Waals surface area contributed by atoms with Crippen molar-refractivity contribution in [1.82, 2.24) is 15.5 Å². The van der Waals surface area contributed by atoms with E-state index in [-0.39, 0.29) is 0 Å². The number of guanidine groups is 1. The maximum absolute atomic E-state index is 4.35. The van der Waals surface area contributed by atoms with Gasteiger partial charge in [0, 0.05) is 31.6 Å². The van der Waals surface area contributed by atoms with Crippen LogP contribution >= 0.6 is 0 Å². The molecule has 4 heteroatoms. The Morgan fingerprint density at radius 1 is 1.62 bits per heavy atom. The van der Waals surface area contributed by atoms with Gasteiger partial charge in [-0.15, -0.1) is 0 Å². The summed E-state index contributed by atoms with van der Waals surface area (Å²) in [5.74, 6) is 1.80. The third-order valence-electron chi connectivity index (χ3n) is 2.60. The van der Waals surface area contributed by atoms with Crippen molar-refractivity contribution in [3.63, 3.8) is 0 Å². The summed E-state index contributed by atoms with van der Waals surface area (Å²) in [6.45, 7) is 6.55. The van der Waals surface area contributed by atoms with Crippen molar-refractivity contribution in [2.75, 3.05) is 33.2 Å². The molecule has 1 unspecified atom stereocenters. The summed E-state index contributed by atoms with van der Waals surface area (Å²) in [6.07, 6.45) is 0. The zero-order valence-corrected chi connectivity index (χ0v) is 8.38. The fraction of sp³-hybridized carbons (Fsp3) is 0.889. The number of hydrogen-bond donors (Lipinski definition) is 2. The van der Waals surface area contributed by atoms with Gasteiger partial charge in [-0.25, -0.2) is 0 Å². The van der Waals surface area contributed by atoms with E-state index in [1.165, 1.54) is 13.1 Å². The van der Waals surface area contributed by atoms with Crippen LogP contribution in [-0.2, 0) is 0 Å². The molecule has 1 fully saturated rings. The number of rotatable bonds is 2. The molecule has 0 aromatic heterocycles. The van der Waals surface area contributed by atoms with E-state index < -0.39 is 0 Å².